The average molecular weight is 503 g/mol. The van der Waals surface area contributed by atoms with Gasteiger partial charge in [-0.25, -0.2) is 9.37 Å². The van der Waals surface area contributed by atoms with Crippen molar-refractivity contribution in [2.45, 2.75) is 51.3 Å². The number of amides is 1. The summed E-state index contributed by atoms with van der Waals surface area (Å²) in [5, 5.41) is 4.02. The van der Waals surface area contributed by atoms with Crippen LogP contribution in [0.25, 0.3) is 22.3 Å². The number of nitrogens with zero attached hydrogens (tertiary/aromatic N) is 3. The highest BCUT2D eigenvalue weighted by atomic mass is 28.3. The number of hydrogen-bond donors (Lipinski definition) is 1. The van der Waals surface area contributed by atoms with Crippen molar-refractivity contribution < 1.29 is 13.9 Å². The van der Waals surface area contributed by atoms with Gasteiger partial charge in [0.05, 0.1) is 17.3 Å². The molecule has 0 fully saturated rings. The standard InChI is InChI=1S/C28H31FN4O2Si/c1-36(2,3)15-14-35-18-33-13-11-23-22(10-12-30-27(23)33)25-8-6-20(17-31-25)28(34)32-26-9-5-19-4-7-21(29)16-24(19)26/h4,6-8,10-13,16-17,26H,5,9,14-15,18H2,1-3H3,(H,32,34). The van der Waals surface area contributed by atoms with Crippen LogP contribution in [0.15, 0.2) is 61.1 Å². The fraction of sp³-hybridized carbons (Fsp3) is 0.321. The number of carbonyl (C=O) groups is 1. The van der Waals surface area contributed by atoms with Gasteiger partial charge in [0, 0.05) is 44.2 Å². The Hall–Kier alpha value is -3.36. The lowest BCUT2D eigenvalue weighted by Gasteiger charge is -2.15. The average Bonchev–Trinajstić information content (AvgIpc) is 3.45. The predicted octanol–water partition coefficient (Wildman–Crippen LogP) is 5.97. The van der Waals surface area contributed by atoms with Gasteiger partial charge in [0.2, 0.25) is 0 Å². The Kier molecular flexibility index (Phi) is 6.72. The Morgan fingerprint density at radius 1 is 1.17 bits per heavy atom. The van der Waals surface area contributed by atoms with Gasteiger partial charge in [0.1, 0.15) is 18.2 Å². The van der Waals surface area contributed by atoms with E-state index in [2.05, 4.69) is 34.9 Å². The third-order valence-electron chi connectivity index (χ3n) is 6.68. The molecule has 0 saturated heterocycles. The molecule has 4 aromatic rings. The van der Waals surface area contributed by atoms with Crippen LogP contribution in [0.3, 0.4) is 0 Å². The van der Waals surface area contributed by atoms with Gasteiger partial charge in [-0.15, -0.1) is 0 Å². The van der Waals surface area contributed by atoms with Crippen LogP contribution in [0, 0.1) is 5.82 Å². The molecule has 5 rings (SSSR count). The number of ether oxygens (including phenoxy) is 1. The number of halogens is 1. The summed E-state index contributed by atoms with van der Waals surface area (Å²) in [6, 6.07) is 13.3. The Morgan fingerprint density at radius 3 is 2.81 bits per heavy atom. The highest BCUT2D eigenvalue weighted by Crippen LogP contribution is 2.32. The van der Waals surface area contributed by atoms with Gasteiger partial charge >= 0.3 is 0 Å². The molecule has 1 atom stereocenters. The zero-order valence-electron chi connectivity index (χ0n) is 20.9. The van der Waals surface area contributed by atoms with E-state index in [-0.39, 0.29) is 17.8 Å². The second-order valence-corrected chi connectivity index (χ2v) is 16.2. The molecular weight excluding hydrogens is 471 g/mol. The first-order chi connectivity index (χ1) is 17.3. The van der Waals surface area contributed by atoms with Gasteiger partial charge < -0.3 is 14.6 Å². The van der Waals surface area contributed by atoms with E-state index in [0.717, 1.165) is 58.9 Å². The van der Waals surface area contributed by atoms with Gasteiger partial charge in [-0.3, -0.25) is 9.78 Å². The van der Waals surface area contributed by atoms with E-state index in [9.17, 15) is 9.18 Å². The van der Waals surface area contributed by atoms with Gasteiger partial charge in [-0.05, 0) is 66.4 Å². The summed E-state index contributed by atoms with van der Waals surface area (Å²) in [6.45, 7) is 8.23. The molecule has 0 bridgehead atoms. The Balaban J connectivity index is 1.28. The van der Waals surface area contributed by atoms with Gasteiger partial charge in [0.15, 0.2) is 0 Å². The number of fused-ring (bicyclic) bond motifs is 2. The van der Waals surface area contributed by atoms with E-state index in [0.29, 0.717) is 12.3 Å². The van der Waals surface area contributed by atoms with Crippen LogP contribution >= 0.6 is 0 Å². The molecule has 0 spiro atoms. The van der Waals surface area contributed by atoms with Crippen LogP contribution in [0.4, 0.5) is 4.39 Å². The van der Waals surface area contributed by atoms with Crippen LogP contribution in [0.2, 0.25) is 25.7 Å². The molecule has 1 aromatic carbocycles. The first kappa shape index (κ1) is 24.3. The van der Waals surface area contributed by atoms with Gasteiger partial charge in [-0.2, -0.15) is 0 Å². The quantitative estimate of drug-likeness (QED) is 0.238. The zero-order chi connectivity index (χ0) is 25.3. The molecular formula is C28H31FN4O2Si. The number of pyridine rings is 2. The molecule has 1 amide bonds. The molecule has 3 aromatic heterocycles. The van der Waals surface area contributed by atoms with Crippen LogP contribution in [-0.2, 0) is 17.9 Å². The summed E-state index contributed by atoms with van der Waals surface area (Å²) in [6.07, 6.45) is 6.95. The van der Waals surface area contributed by atoms with Crippen LogP contribution in [0.1, 0.15) is 33.9 Å². The van der Waals surface area contributed by atoms with E-state index < -0.39 is 8.07 Å². The smallest absolute Gasteiger partial charge is 0.253 e. The number of benzene rings is 1. The summed E-state index contributed by atoms with van der Waals surface area (Å²) in [5.41, 5.74) is 4.99. The fourth-order valence-corrected chi connectivity index (χ4v) is 5.37. The molecule has 1 aliphatic rings. The summed E-state index contributed by atoms with van der Waals surface area (Å²) >= 11 is 0. The van der Waals surface area contributed by atoms with E-state index in [4.69, 9.17) is 4.74 Å². The SMILES string of the molecule is C[Si](C)(C)CCOCn1ccc2c(-c3ccc(C(=O)NC4CCc5ccc(F)cc54)cn3)ccnc21. The molecule has 1 aliphatic carbocycles. The lowest BCUT2D eigenvalue weighted by Crippen LogP contribution is -2.27. The molecule has 36 heavy (non-hydrogen) atoms. The maximum Gasteiger partial charge on any atom is 0.253 e. The molecule has 3 heterocycles. The molecule has 1 N–H and O–H groups in total. The summed E-state index contributed by atoms with van der Waals surface area (Å²) in [4.78, 5) is 22.0. The van der Waals surface area contributed by atoms with Crippen molar-refractivity contribution in [2.24, 2.45) is 0 Å². The number of hydrogen-bond acceptors (Lipinski definition) is 4. The van der Waals surface area contributed by atoms with Crippen molar-refractivity contribution in [1.29, 1.82) is 0 Å². The molecule has 0 saturated carbocycles. The van der Waals surface area contributed by atoms with Crippen LogP contribution in [0.5, 0.6) is 0 Å². The maximum atomic E-state index is 13.7. The lowest BCUT2D eigenvalue weighted by molar-refractivity contribution is 0.0898. The number of carbonyl (C=O) groups excluding carboxylic acids is 1. The summed E-state index contributed by atoms with van der Waals surface area (Å²) < 4.78 is 21.6. The van der Waals surface area contributed by atoms with Crippen molar-refractivity contribution >= 4 is 25.0 Å². The Morgan fingerprint density at radius 2 is 2.03 bits per heavy atom. The third-order valence-corrected chi connectivity index (χ3v) is 8.39. The molecule has 186 valence electrons. The second kappa shape index (κ2) is 9.95. The summed E-state index contributed by atoms with van der Waals surface area (Å²) in [7, 11) is -1.13. The summed E-state index contributed by atoms with van der Waals surface area (Å²) in [5.74, 6) is -0.491. The molecule has 6 nitrogen and oxygen atoms in total. The van der Waals surface area contributed by atoms with E-state index >= 15 is 0 Å². The number of rotatable bonds is 8. The highest BCUT2D eigenvalue weighted by Gasteiger charge is 2.25. The van der Waals surface area contributed by atoms with E-state index in [1.807, 2.05) is 29.0 Å². The van der Waals surface area contributed by atoms with E-state index in [1.54, 1.807) is 24.5 Å². The Labute approximate surface area is 211 Å². The van der Waals surface area contributed by atoms with Crippen molar-refractivity contribution in [3.63, 3.8) is 0 Å². The minimum absolute atomic E-state index is 0.185. The van der Waals surface area contributed by atoms with E-state index in [1.165, 1.54) is 12.1 Å². The molecule has 0 radical (unpaired) electrons. The number of aryl methyl sites for hydroxylation is 1. The van der Waals surface area contributed by atoms with Crippen molar-refractivity contribution in [2.75, 3.05) is 6.61 Å². The monoisotopic (exact) mass is 502 g/mol. The lowest BCUT2D eigenvalue weighted by atomic mass is 10.1. The largest absolute Gasteiger partial charge is 0.361 e. The topological polar surface area (TPSA) is 69.0 Å². The second-order valence-electron chi connectivity index (χ2n) is 10.6. The minimum Gasteiger partial charge on any atom is -0.361 e. The van der Waals surface area contributed by atoms with Crippen LogP contribution in [-0.4, -0.2) is 35.1 Å². The molecule has 1 unspecified atom stereocenters. The first-order valence-electron chi connectivity index (χ1n) is 12.4. The van der Waals surface area contributed by atoms with Gasteiger partial charge in [0.25, 0.3) is 5.91 Å². The van der Waals surface area contributed by atoms with Crippen molar-refractivity contribution in [1.82, 2.24) is 19.9 Å². The van der Waals surface area contributed by atoms with Crippen LogP contribution < -0.4 is 5.32 Å². The fourth-order valence-electron chi connectivity index (χ4n) is 4.61. The molecule has 0 aliphatic heterocycles. The predicted molar refractivity (Wildman–Crippen MR) is 142 cm³/mol. The maximum absolute atomic E-state index is 13.7. The Bertz CT molecular complexity index is 1400. The van der Waals surface area contributed by atoms with Gasteiger partial charge in [-0.1, -0.05) is 25.7 Å². The van der Waals surface area contributed by atoms with Crippen molar-refractivity contribution in [3.05, 3.63) is 83.6 Å². The number of aromatic nitrogens is 3. The zero-order valence-corrected chi connectivity index (χ0v) is 21.9. The van der Waals surface area contributed by atoms with Crippen molar-refractivity contribution in [3.8, 4) is 11.3 Å². The first-order valence-corrected chi connectivity index (χ1v) is 16.1. The molecule has 8 heteroatoms. The third kappa shape index (κ3) is 5.24. The number of nitrogens with one attached hydrogen (secondary N) is 1. The normalized spacial score (nSPS) is 15.3. The highest BCUT2D eigenvalue weighted by molar-refractivity contribution is 6.76. The minimum atomic E-state index is -1.13.